The van der Waals surface area contributed by atoms with E-state index in [1.807, 2.05) is 0 Å². The molecule has 1 N–H and O–H groups in total. The second kappa shape index (κ2) is 6.61. The van der Waals surface area contributed by atoms with E-state index in [4.69, 9.17) is 27.9 Å². The minimum absolute atomic E-state index is 0.122. The fourth-order valence-corrected chi connectivity index (χ4v) is 2.10. The molecular formula is C15H11Cl2NO3. The normalized spacial score (nSPS) is 10.0. The number of esters is 1. The van der Waals surface area contributed by atoms with Crippen LogP contribution in [-0.2, 0) is 4.79 Å². The van der Waals surface area contributed by atoms with Gasteiger partial charge in [-0.15, -0.1) is 0 Å². The predicted molar refractivity (Wildman–Crippen MR) is 82.2 cm³/mol. The molecule has 0 aliphatic rings. The van der Waals surface area contributed by atoms with Gasteiger partial charge < -0.3 is 10.1 Å². The minimum atomic E-state index is -0.584. The average molecular weight is 324 g/mol. The van der Waals surface area contributed by atoms with Crippen molar-refractivity contribution in [2.45, 2.75) is 6.92 Å². The summed E-state index contributed by atoms with van der Waals surface area (Å²) < 4.78 is 5.19. The summed E-state index contributed by atoms with van der Waals surface area (Å²) >= 11 is 11.9. The van der Waals surface area contributed by atoms with E-state index in [1.54, 1.807) is 42.5 Å². The Labute approximate surface area is 131 Å². The third-order valence-corrected chi connectivity index (χ3v) is 3.15. The molecule has 2 aromatic rings. The zero-order valence-corrected chi connectivity index (χ0v) is 12.5. The molecule has 2 rings (SSSR count). The molecule has 0 radical (unpaired) electrons. The summed E-state index contributed by atoms with van der Waals surface area (Å²) in [7, 11) is 0. The number of anilines is 1. The van der Waals surface area contributed by atoms with E-state index in [0.717, 1.165) is 0 Å². The highest BCUT2D eigenvalue weighted by molar-refractivity contribution is 6.37. The number of nitrogens with one attached hydrogen (secondary N) is 1. The Morgan fingerprint density at radius 3 is 2.10 bits per heavy atom. The molecule has 4 nitrogen and oxygen atoms in total. The molecule has 0 heterocycles. The van der Waals surface area contributed by atoms with Gasteiger partial charge in [-0.05, 0) is 36.4 Å². The van der Waals surface area contributed by atoms with Crippen LogP contribution < -0.4 is 10.1 Å². The van der Waals surface area contributed by atoms with Crippen molar-refractivity contribution in [2.75, 3.05) is 5.32 Å². The fraction of sp³-hybridized carbons (Fsp3) is 0.0667. The number of hydrogen-bond donors (Lipinski definition) is 1. The van der Waals surface area contributed by atoms with E-state index in [9.17, 15) is 9.59 Å². The molecule has 0 atom stereocenters. The minimum Gasteiger partial charge on any atom is -0.420 e. The first-order valence-corrected chi connectivity index (χ1v) is 6.77. The molecule has 0 saturated heterocycles. The Balaban J connectivity index is 2.15. The van der Waals surface area contributed by atoms with Gasteiger partial charge in [0.25, 0.3) is 0 Å². The summed E-state index contributed by atoms with van der Waals surface area (Å²) in [5.74, 6) is -0.649. The van der Waals surface area contributed by atoms with Crippen LogP contribution in [0.5, 0.6) is 5.75 Å². The lowest BCUT2D eigenvalue weighted by molar-refractivity contribution is -0.114. The topological polar surface area (TPSA) is 55.4 Å². The van der Waals surface area contributed by atoms with Crippen molar-refractivity contribution in [1.82, 2.24) is 0 Å². The Hall–Kier alpha value is -2.04. The molecule has 0 fully saturated rings. The lowest BCUT2D eigenvalue weighted by atomic mass is 10.2. The predicted octanol–water partition coefficient (Wildman–Crippen LogP) is 4.17. The number of halogens is 2. The van der Waals surface area contributed by atoms with Crippen LogP contribution >= 0.6 is 23.2 Å². The van der Waals surface area contributed by atoms with Gasteiger partial charge in [0.1, 0.15) is 0 Å². The van der Waals surface area contributed by atoms with Crippen LogP contribution in [0.25, 0.3) is 0 Å². The number of rotatable bonds is 3. The van der Waals surface area contributed by atoms with Gasteiger partial charge in [0.15, 0.2) is 5.75 Å². The summed E-state index contributed by atoms with van der Waals surface area (Å²) in [5.41, 5.74) is 0.912. The zero-order chi connectivity index (χ0) is 15.4. The van der Waals surface area contributed by atoms with Crippen LogP contribution in [-0.4, -0.2) is 11.9 Å². The Bertz CT molecular complexity index is 664. The SMILES string of the molecule is CC(=O)Nc1ccc(C(=O)Oc2c(Cl)cccc2Cl)cc1. The molecule has 1 amide bonds. The Kier molecular flexibility index (Phi) is 4.83. The summed E-state index contributed by atoms with van der Waals surface area (Å²) in [4.78, 5) is 22.9. The van der Waals surface area contributed by atoms with Crippen molar-refractivity contribution in [1.29, 1.82) is 0 Å². The average Bonchev–Trinajstić information content (AvgIpc) is 2.43. The zero-order valence-electron chi connectivity index (χ0n) is 11.0. The van der Waals surface area contributed by atoms with E-state index < -0.39 is 5.97 Å². The van der Waals surface area contributed by atoms with Crippen molar-refractivity contribution in [3.8, 4) is 5.75 Å². The molecule has 108 valence electrons. The third kappa shape index (κ3) is 3.97. The molecule has 0 aromatic heterocycles. The van der Waals surface area contributed by atoms with Crippen LogP contribution in [0.15, 0.2) is 42.5 Å². The number of carbonyl (C=O) groups excluding carboxylic acids is 2. The number of amides is 1. The molecule has 0 saturated carbocycles. The van der Waals surface area contributed by atoms with Crippen LogP contribution in [0.4, 0.5) is 5.69 Å². The molecular weight excluding hydrogens is 313 g/mol. The second-order valence-corrected chi connectivity index (χ2v) is 5.01. The first-order valence-electron chi connectivity index (χ1n) is 6.01. The van der Waals surface area contributed by atoms with Crippen molar-refractivity contribution < 1.29 is 14.3 Å². The van der Waals surface area contributed by atoms with Gasteiger partial charge in [-0.1, -0.05) is 29.3 Å². The molecule has 0 bridgehead atoms. The van der Waals surface area contributed by atoms with E-state index in [1.165, 1.54) is 6.92 Å². The van der Waals surface area contributed by atoms with Gasteiger partial charge in [0.05, 0.1) is 15.6 Å². The molecule has 0 spiro atoms. The van der Waals surface area contributed by atoms with Crippen molar-refractivity contribution in [3.63, 3.8) is 0 Å². The van der Waals surface area contributed by atoms with Gasteiger partial charge in [0, 0.05) is 12.6 Å². The van der Waals surface area contributed by atoms with E-state index >= 15 is 0 Å². The van der Waals surface area contributed by atoms with E-state index in [2.05, 4.69) is 5.32 Å². The van der Waals surface area contributed by atoms with Gasteiger partial charge in [-0.3, -0.25) is 4.79 Å². The van der Waals surface area contributed by atoms with Gasteiger partial charge >= 0.3 is 5.97 Å². The maximum atomic E-state index is 12.0. The number of ether oxygens (including phenoxy) is 1. The molecule has 2 aromatic carbocycles. The van der Waals surface area contributed by atoms with E-state index in [0.29, 0.717) is 11.3 Å². The molecule has 6 heteroatoms. The number of benzene rings is 2. The Morgan fingerprint density at radius 1 is 1.00 bits per heavy atom. The van der Waals surface area contributed by atoms with Crippen LogP contribution in [0.2, 0.25) is 10.0 Å². The third-order valence-electron chi connectivity index (χ3n) is 2.55. The van der Waals surface area contributed by atoms with Gasteiger partial charge in [0.2, 0.25) is 5.91 Å². The first kappa shape index (κ1) is 15.4. The van der Waals surface area contributed by atoms with Crippen molar-refractivity contribution >= 4 is 40.8 Å². The monoisotopic (exact) mass is 323 g/mol. The first-order chi connectivity index (χ1) is 9.97. The van der Waals surface area contributed by atoms with Gasteiger partial charge in [-0.2, -0.15) is 0 Å². The summed E-state index contributed by atoms with van der Waals surface area (Å²) in [6.45, 7) is 1.40. The number of para-hydroxylation sites is 1. The van der Waals surface area contributed by atoms with Crippen molar-refractivity contribution in [2.24, 2.45) is 0 Å². The lowest BCUT2D eigenvalue weighted by Gasteiger charge is -2.08. The molecule has 0 aliphatic carbocycles. The highest BCUT2D eigenvalue weighted by Crippen LogP contribution is 2.32. The summed E-state index contributed by atoms with van der Waals surface area (Å²) in [5, 5.41) is 3.12. The van der Waals surface area contributed by atoms with Crippen LogP contribution in [0.1, 0.15) is 17.3 Å². The quantitative estimate of drug-likeness (QED) is 0.681. The van der Waals surface area contributed by atoms with Crippen LogP contribution in [0.3, 0.4) is 0 Å². The fourth-order valence-electron chi connectivity index (χ4n) is 1.62. The Morgan fingerprint density at radius 2 is 1.57 bits per heavy atom. The number of hydrogen-bond acceptors (Lipinski definition) is 3. The van der Waals surface area contributed by atoms with Crippen molar-refractivity contribution in [3.05, 3.63) is 58.1 Å². The molecule has 21 heavy (non-hydrogen) atoms. The highest BCUT2D eigenvalue weighted by Gasteiger charge is 2.14. The maximum Gasteiger partial charge on any atom is 0.343 e. The van der Waals surface area contributed by atoms with Gasteiger partial charge in [-0.25, -0.2) is 4.79 Å². The molecule has 0 aliphatic heterocycles. The smallest absolute Gasteiger partial charge is 0.343 e. The standard InChI is InChI=1S/C15H11Cl2NO3/c1-9(19)18-11-7-5-10(6-8-11)15(20)21-14-12(16)3-2-4-13(14)17/h2-8H,1H3,(H,18,19). The number of carbonyl (C=O) groups is 2. The van der Waals surface area contributed by atoms with Crippen LogP contribution in [0, 0.1) is 0 Å². The summed E-state index contributed by atoms with van der Waals surface area (Å²) in [6, 6.07) is 11.1. The maximum absolute atomic E-state index is 12.0. The lowest BCUT2D eigenvalue weighted by Crippen LogP contribution is -2.10. The largest absolute Gasteiger partial charge is 0.420 e. The highest BCUT2D eigenvalue weighted by atomic mass is 35.5. The molecule has 0 unspecified atom stereocenters. The summed E-state index contributed by atoms with van der Waals surface area (Å²) in [6.07, 6.45) is 0. The van der Waals surface area contributed by atoms with E-state index in [-0.39, 0.29) is 21.7 Å². The second-order valence-electron chi connectivity index (χ2n) is 4.20.